The molecule has 1 nitrogen and oxygen atoms in total. The highest BCUT2D eigenvalue weighted by atomic mass is 35.5. The lowest BCUT2D eigenvalue weighted by Crippen LogP contribution is -2.44. The second-order valence-electron chi connectivity index (χ2n) is 5.27. The Hall–Kier alpha value is -0.180. The minimum absolute atomic E-state index is 0.647. The predicted octanol–water partition coefficient (Wildman–Crippen LogP) is 4.32. The predicted molar refractivity (Wildman–Crippen MR) is 82.8 cm³/mol. The third-order valence-electron chi connectivity index (χ3n) is 3.75. The van der Waals surface area contributed by atoms with Crippen LogP contribution in [0.1, 0.15) is 37.7 Å². The molecule has 1 aliphatic rings. The quantitative estimate of drug-likeness (QED) is 0.835. The molecule has 18 heavy (non-hydrogen) atoms. The molecule has 3 heteroatoms. The van der Waals surface area contributed by atoms with Gasteiger partial charge in [0.25, 0.3) is 0 Å². The summed E-state index contributed by atoms with van der Waals surface area (Å²) in [5.41, 5.74) is 1.44. The molecule has 0 spiro atoms. The fourth-order valence-corrected chi connectivity index (χ4v) is 3.26. The van der Waals surface area contributed by atoms with Gasteiger partial charge in [-0.25, -0.2) is 0 Å². The van der Waals surface area contributed by atoms with E-state index in [0.29, 0.717) is 12.1 Å². The summed E-state index contributed by atoms with van der Waals surface area (Å²) < 4.78 is 0. The first-order valence-corrected chi connectivity index (χ1v) is 8.46. The number of hydrogen-bond donors (Lipinski definition) is 1. The maximum atomic E-state index is 5.91. The standard InChI is InChI=1S/C15H22ClNS/c1-11(7-8-18-2)17-15-9-13(10-15)12-3-5-14(16)6-4-12/h3-6,11,13,15,17H,7-10H2,1-2H3. The van der Waals surface area contributed by atoms with E-state index in [9.17, 15) is 0 Å². The Morgan fingerprint density at radius 3 is 2.61 bits per heavy atom. The van der Waals surface area contributed by atoms with Crippen LogP contribution in [0.5, 0.6) is 0 Å². The van der Waals surface area contributed by atoms with Crippen LogP contribution < -0.4 is 5.32 Å². The molecule has 0 aliphatic heterocycles. The van der Waals surface area contributed by atoms with Crippen LogP contribution in [0.4, 0.5) is 0 Å². The molecule has 1 atom stereocenters. The second kappa shape index (κ2) is 6.83. The summed E-state index contributed by atoms with van der Waals surface area (Å²) >= 11 is 7.84. The summed E-state index contributed by atoms with van der Waals surface area (Å²) in [4.78, 5) is 0. The SMILES string of the molecule is CSCCC(C)NC1CC(c2ccc(Cl)cc2)C1. The number of halogens is 1. The molecule has 0 aromatic heterocycles. The van der Waals surface area contributed by atoms with Crippen molar-refractivity contribution in [2.75, 3.05) is 12.0 Å². The lowest BCUT2D eigenvalue weighted by atomic mass is 9.75. The Bertz CT molecular complexity index is 359. The van der Waals surface area contributed by atoms with Crippen molar-refractivity contribution in [3.8, 4) is 0 Å². The van der Waals surface area contributed by atoms with Crippen molar-refractivity contribution in [1.29, 1.82) is 0 Å². The van der Waals surface area contributed by atoms with Gasteiger partial charge >= 0.3 is 0 Å². The highest BCUT2D eigenvalue weighted by Gasteiger charge is 2.30. The minimum atomic E-state index is 0.647. The monoisotopic (exact) mass is 283 g/mol. The summed E-state index contributed by atoms with van der Waals surface area (Å²) in [6.45, 7) is 2.30. The fraction of sp³-hybridized carbons (Fsp3) is 0.600. The van der Waals surface area contributed by atoms with Crippen LogP contribution in [0.15, 0.2) is 24.3 Å². The second-order valence-corrected chi connectivity index (χ2v) is 6.69. The van der Waals surface area contributed by atoms with Gasteiger partial charge in [0.05, 0.1) is 0 Å². The zero-order chi connectivity index (χ0) is 13.0. The van der Waals surface area contributed by atoms with Gasteiger partial charge in [0.15, 0.2) is 0 Å². The molecule has 100 valence electrons. The highest BCUT2D eigenvalue weighted by Crippen LogP contribution is 2.37. The van der Waals surface area contributed by atoms with E-state index in [2.05, 4.69) is 30.6 Å². The van der Waals surface area contributed by atoms with Crippen molar-refractivity contribution in [2.45, 2.75) is 44.2 Å². The van der Waals surface area contributed by atoms with Gasteiger partial charge in [0.2, 0.25) is 0 Å². The molecule has 0 bridgehead atoms. The zero-order valence-corrected chi connectivity index (χ0v) is 12.7. The van der Waals surface area contributed by atoms with Gasteiger partial charge < -0.3 is 5.32 Å². The van der Waals surface area contributed by atoms with E-state index in [1.165, 1.54) is 30.6 Å². The molecule has 0 amide bonds. The average Bonchev–Trinajstić information content (AvgIpc) is 2.32. The number of thioether (sulfide) groups is 1. The van der Waals surface area contributed by atoms with E-state index >= 15 is 0 Å². The molecular weight excluding hydrogens is 262 g/mol. The van der Waals surface area contributed by atoms with Gasteiger partial charge in [-0.1, -0.05) is 23.7 Å². The van der Waals surface area contributed by atoms with Gasteiger partial charge in [-0.3, -0.25) is 0 Å². The molecule has 1 saturated carbocycles. The van der Waals surface area contributed by atoms with E-state index in [1.54, 1.807) is 0 Å². The van der Waals surface area contributed by atoms with E-state index < -0.39 is 0 Å². The smallest absolute Gasteiger partial charge is 0.0406 e. The normalized spacial score (nSPS) is 24.6. The average molecular weight is 284 g/mol. The molecule has 1 N–H and O–H groups in total. The van der Waals surface area contributed by atoms with Crippen molar-refractivity contribution in [3.05, 3.63) is 34.9 Å². The molecule has 1 aromatic carbocycles. The molecule has 1 unspecified atom stereocenters. The first kappa shape index (κ1) is 14.2. The maximum Gasteiger partial charge on any atom is 0.0406 e. The van der Waals surface area contributed by atoms with Crippen LogP contribution in [0.25, 0.3) is 0 Å². The summed E-state index contributed by atoms with van der Waals surface area (Å²) in [5, 5.41) is 4.55. The summed E-state index contributed by atoms with van der Waals surface area (Å²) in [5.74, 6) is 1.98. The van der Waals surface area contributed by atoms with Crippen molar-refractivity contribution < 1.29 is 0 Å². The third kappa shape index (κ3) is 3.91. The Morgan fingerprint density at radius 2 is 2.00 bits per heavy atom. The Balaban J connectivity index is 1.72. The lowest BCUT2D eigenvalue weighted by molar-refractivity contribution is 0.268. The minimum Gasteiger partial charge on any atom is -0.311 e. The molecule has 1 aromatic rings. The van der Waals surface area contributed by atoms with E-state index in [-0.39, 0.29) is 0 Å². The van der Waals surface area contributed by atoms with E-state index in [0.717, 1.165) is 10.9 Å². The van der Waals surface area contributed by atoms with Crippen LogP contribution in [-0.2, 0) is 0 Å². The van der Waals surface area contributed by atoms with Gasteiger partial charge in [-0.2, -0.15) is 11.8 Å². The maximum absolute atomic E-state index is 5.91. The van der Waals surface area contributed by atoms with E-state index in [1.807, 2.05) is 23.9 Å². The number of rotatable bonds is 6. The van der Waals surface area contributed by atoms with Gasteiger partial charge in [-0.05, 0) is 61.8 Å². The Kier molecular flexibility index (Phi) is 5.40. The van der Waals surface area contributed by atoms with Crippen molar-refractivity contribution in [1.82, 2.24) is 5.32 Å². The molecule has 1 fully saturated rings. The van der Waals surface area contributed by atoms with Gasteiger partial charge in [0.1, 0.15) is 0 Å². The van der Waals surface area contributed by atoms with Crippen molar-refractivity contribution >= 4 is 23.4 Å². The zero-order valence-electron chi connectivity index (χ0n) is 11.2. The molecule has 1 aliphatic carbocycles. The van der Waals surface area contributed by atoms with Crippen LogP contribution in [-0.4, -0.2) is 24.1 Å². The summed E-state index contributed by atoms with van der Waals surface area (Å²) in [7, 11) is 0. The van der Waals surface area contributed by atoms with Crippen molar-refractivity contribution in [2.24, 2.45) is 0 Å². The molecule has 2 rings (SSSR count). The molecule has 0 radical (unpaired) electrons. The Labute approximate surface area is 120 Å². The van der Waals surface area contributed by atoms with Crippen LogP contribution in [0.2, 0.25) is 5.02 Å². The lowest BCUT2D eigenvalue weighted by Gasteiger charge is -2.38. The highest BCUT2D eigenvalue weighted by molar-refractivity contribution is 7.98. The van der Waals surface area contributed by atoms with E-state index in [4.69, 9.17) is 11.6 Å². The summed E-state index contributed by atoms with van der Waals surface area (Å²) in [6, 6.07) is 9.69. The molecule has 0 saturated heterocycles. The van der Waals surface area contributed by atoms with Crippen LogP contribution >= 0.6 is 23.4 Å². The Morgan fingerprint density at radius 1 is 1.33 bits per heavy atom. The van der Waals surface area contributed by atoms with Crippen LogP contribution in [0, 0.1) is 0 Å². The van der Waals surface area contributed by atoms with Crippen LogP contribution in [0.3, 0.4) is 0 Å². The van der Waals surface area contributed by atoms with Gasteiger partial charge in [0, 0.05) is 17.1 Å². The topological polar surface area (TPSA) is 12.0 Å². The first-order valence-electron chi connectivity index (χ1n) is 6.69. The summed E-state index contributed by atoms with van der Waals surface area (Å²) in [6.07, 6.45) is 5.98. The fourth-order valence-electron chi connectivity index (χ4n) is 2.54. The first-order chi connectivity index (χ1) is 8.69. The molecular formula is C15H22ClNS. The number of nitrogens with one attached hydrogen (secondary N) is 1. The molecule has 0 heterocycles. The van der Waals surface area contributed by atoms with Gasteiger partial charge in [-0.15, -0.1) is 0 Å². The van der Waals surface area contributed by atoms with Crippen molar-refractivity contribution in [3.63, 3.8) is 0 Å². The number of benzene rings is 1. The number of hydrogen-bond acceptors (Lipinski definition) is 2. The largest absolute Gasteiger partial charge is 0.311 e. The third-order valence-corrected chi connectivity index (χ3v) is 4.65.